The van der Waals surface area contributed by atoms with E-state index in [9.17, 15) is 9.59 Å². The third-order valence-electron chi connectivity index (χ3n) is 4.62. The first-order valence-electron chi connectivity index (χ1n) is 9.92. The van der Waals surface area contributed by atoms with Gasteiger partial charge in [0.05, 0.1) is 18.2 Å². The van der Waals surface area contributed by atoms with Crippen molar-refractivity contribution < 1.29 is 14.3 Å². The van der Waals surface area contributed by atoms with Gasteiger partial charge in [-0.25, -0.2) is 4.79 Å². The minimum atomic E-state index is -0.444. The highest BCUT2D eigenvalue weighted by Crippen LogP contribution is 2.32. The van der Waals surface area contributed by atoms with Gasteiger partial charge in [0.15, 0.2) is 5.11 Å². The summed E-state index contributed by atoms with van der Waals surface area (Å²) >= 11 is 5.44. The molecule has 1 amide bonds. The first-order valence-corrected chi connectivity index (χ1v) is 10.3. The molecule has 2 N–H and O–H groups in total. The molecular weight excluding hydrogens is 386 g/mol. The van der Waals surface area contributed by atoms with Crippen LogP contribution in [-0.4, -0.2) is 35.5 Å². The van der Waals surface area contributed by atoms with Crippen molar-refractivity contribution in [3.8, 4) is 0 Å². The Bertz CT molecular complexity index is 817. The molecule has 0 saturated heterocycles. The van der Waals surface area contributed by atoms with Crippen LogP contribution in [0.15, 0.2) is 35.5 Å². The number of hydrogen-bond donors (Lipinski definition) is 2. The van der Waals surface area contributed by atoms with E-state index in [1.54, 1.807) is 4.90 Å². The fraction of sp³-hybridized carbons (Fsp3) is 0.500. The zero-order valence-corrected chi connectivity index (χ0v) is 18.9. The van der Waals surface area contributed by atoms with E-state index in [1.807, 2.05) is 65.9 Å². The van der Waals surface area contributed by atoms with Crippen molar-refractivity contribution in [1.29, 1.82) is 0 Å². The number of allylic oxidation sites excluding steroid dienone is 1. The van der Waals surface area contributed by atoms with Crippen LogP contribution in [0, 0.1) is 11.8 Å². The molecule has 1 aromatic carbocycles. The molecule has 0 radical (unpaired) electrons. The Hall–Kier alpha value is -2.41. The largest absolute Gasteiger partial charge is 0.462 e. The maximum Gasteiger partial charge on any atom is 0.338 e. The monoisotopic (exact) mass is 417 g/mol. The van der Waals surface area contributed by atoms with Crippen LogP contribution in [0.1, 0.15) is 52.6 Å². The molecule has 1 aliphatic heterocycles. The van der Waals surface area contributed by atoms with Gasteiger partial charge in [-0.3, -0.25) is 4.79 Å². The SMILES string of the molecule is CC1=C(C(=O)OCC(C)C)C(c2cccc(NC(=O)CC(C)C)c2)NC(=S)N1C. The summed E-state index contributed by atoms with van der Waals surface area (Å²) < 4.78 is 5.51. The van der Waals surface area contributed by atoms with Gasteiger partial charge in [0.1, 0.15) is 0 Å². The number of ether oxygens (including phenoxy) is 1. The summed E-state index contributed by atoms with van der Waals surface area (Å²) in [4.78, 5) is 26.8. The molecular formula is C22H31N3O3S. The lowest BCUT2D eigenvalue weighted by atomic mass is 9.94. The van der Waals surface area contributed by atoms with E-state index in [0.29, 0.717) is 29.4 Å². The Morgan fingerprint density at radius 2 is 1.93 bits per heavy atom. The number of rotatable bonds is 7. The van der Waals surface area contributed by atoms with Gasteiger partial charge in [0.2, 0.25) is 5.91 Å². The molecule has 1 atom stereocenters. The average molecular weight is 418 g/mol. The zero-order valence-electron chi connectivity index (χ0n) is 18.0. The Balaban J connectivity index is 2.34. The van der Waals surface area contributed by atoms with Gasteiger partial charge in [-0.15, -0.1) is 0 Å². The molecule has 29 heavy (non-hydrogen) atoms. The highest BCUT2D eigenvalue weighted by Gasteiger charge is 2.33. The van der Waals surface area contributed by atoms with Crippen LogP contribution >= 0.6 is 12.2 Å². The number of nitrogens with zero attached hydrogens (tertiary/aromatic N) is 1. The molecule has 1 heterocycles. The fourth-order valence-electron chi connectivity index (χ4n) is 3.05. The van der Waals surface area contributed by atoms with Gasteiger partial charge in [-0.2, -0.15) is 0 Å². The number of carbonyl (C=O) groups is 2. The van der Waals surface area contributed by atoms with E-state index in [2.05, 4.69) is 10.6 Å². The van der Waals surface area contributed by atoms with Crippen molar-refractivity contribution in [2.75, 3.05) is 19.0 Å². The van der Waals surface area contributed by atoms with E-state index >= 15 is 0 Å². The number of hydrogen-bond acceptors (Lipinski definition) is 4. The second kappa shape index (κ2) is 9.87. The van der Waals surface area contributed by atoms with E-state index in [1.165, 1.54) is 0 Å². The normalized spacial score (nSPS) is 16.9. The van der Waals surface area contributed by atoms with Crippen LogP contribution in [0.3, 0.4) is 0 Å². The molecule has 0 aliphatic carbocycles. The lowest BCUT2D eigenvalue weighted by molar-refractivity contribution is -0.140. The fourth-order valence-corrected chi connectivity index (χ4v) is 3.30. The summed E-state index contributed by atoms with van der Waals surface area (Å²) in [7, 11) is 1.82. The summed E-state index contributed by atoms with van der Waals surface area (Å²) in [5.74, 6) is 0.122. The van der Waals surface area contributed by atoms with Crippen LogP contribution < -0.4 is 10.6 Å². The smallest absolute Gasteiger partial charge is 0.338 e. The second-order valence-electron chi connectivity index (χ2n) is 8.20. The molecule has 6 nitrogen and oxygen atoms in total. The number of thiocarbonyl (C=S) groups is 1. The standard InChI is InChI=1S/C22H31N3O3S/c1-13(2)10-18(26)23-17-9-7-8-16(11-17)20-19(21(27)28-12-14(3)4)15(5)25(6)22(29)24-20/h7-9,11,13-14,20H,10,12H2,1-6H3,(H,23,26)(H,24,29). The van der Waals surface area contributed by atoms with Crippen LogP contribution in [-0.2, 0) is 14.3 Å². The van der Waals surface area contributed by atoms with Gasteiger partial charge < -0.3 is 20.3 Å². The molecule has 0 spiro atoms. The van der Waals surface area contributed by atoms with Crippen LogP contribution in [0.25, 0.3) is 0 Å². The lowest BCUT2D eigenvalue weighted by Crippen LogP contribution is -2.46. The van der Waals surface area contributed by atoms with Gasteiger partial charge in [-0.05, 0) is 48.7 Å². The summed E-state index contributed by atoms with van der Waals surface area (Å²) in [5.41, 5.74) is 2.79. The molecule has 1 aromatic rings. The van der Waals surface area contributed by atoms with Crippen LogP contribution in [0.5, 0.6) is 0 Å². The van der Waals surface area contributed by atoms with E-state index in [-0.39, 0.29) is 23.7 Å². The second-order valence-corrected chi connectivity index (χ2v) is 8.59. The first kappa shape index (κ1) is 22.9. The van der Waals surface area contributed by atoms with Crippen molar-refractivity contribution in [2.45, 2.75) is 47.1 Å². The highest BCUT2D eigenvalue weighted by molar-refractivity contribution is 7.80. The summed E-state index contributed by atoms with van der Waals surface area (Å²) in [5, 5.41) is 6.69. The Labute approximate surface area is 178 Å². The summed E-state index contributed by atoms with van der Waals surface area (Å²) in [6.07, 6.45) is 0.451. The number of esters is 1. The summed E-state index contributed by atoms with van der Waals surface area (Å²) in [6, 6.07) is 7.03. The van der Waals surface area contributed by atoms with Gasteiger partial charge in [-0.1, -0.05) is 39.8 Å². The predicted molar refractivity (Wildman–Crippen MR) is 119 cm³/mol. The van der Waals surface area contributed by atoms with E-state index < -0.39 is 6.04 Å². The van der Waals surface area contributed by atoms with Crippen molar-refractivity contribution >= 4 is 34.9 Å². The third-order valence-corrected chi connectivity index (χ3v) is 5.01. The number of anilines is 1. The Kier molecular flexibility index (Phi) is 7.79. The van der Waals surface area contributed by atoms with Crippen molar-refractivity contribution in [2.24, 2.45) is 11.8 Å². The molecule has 0 saturated carbocycles. The molecule has 7 heteroatoms. The number of benzene rings is 1. The molecule has 0 aromatic heterocycles. The van der Waals surface area contributed by atoms with E-state index in [0.717, 1.165) is 11.3 Å². The average Bonchev–Trinajstić information content (AvgIpc) is 2.63. The van der Waals surface area contributed by atoms with Crippen molar-refractivity contribution in [3.63, 3.8) is 0 Å². The Morgan fingerprint density at radius 1 is 1.24 bits per heavy atom. The number of carbonyl (C=O) groups excluding carboxylic acids is 2. The van der Waals surface area contributed by atoms with Crippen LogP contribution in [0.2, 0.25) is 0 Å². The summed E-state index contributed by atoms with van der Waals surface area (Å²) in [6.45, 7) is 10.2. The van der Waals surface area contributed by atoms with E-state index in [4.69, 9.17) is 17.0 Å². The topological polar surface area (TPSA) is 70.7 Å². The minimum absolute atomic E-state index is 0.0349. The number of nitrogens with one attached hydrogen (secondary N) is 2. The third kappa shape index (κ3) is 6.03. The number of amides is 1. The van der Waals surface area contributed by atoms with Gasteiger partial charge >= 0.3 is 5.97 Å². The van der Waals surface area contributed by atoms with Crippen molar-refractivity contribution in [3.05, 3.63) is 41.1 Å². The van der Waals surface area contributed by atoms with Gasteiger partial charge in [0.25, 0.3) is 0 Å². The highest BCUT2D eigenvalue weighted by atomic mass is 32.1. The quantitative estimate of drug-likeness (QED) is 0.516. The molecule has 2 rings (SSSR count). The van der Waals surface area contributed by atoms with Crippen LogP contribution in [0.4, 0.5) is 5.69 Å². The van der Waals surface area contributed by atoms with Crippen molar-refractivity contribution in [1.82, 2.24) is 10.2 Å². The zero-order chi connectivity index (χ0) is 21.7. The molecule has 158 valence electrons. The minimum Gasteiger partial charge on any atom is -0.462 e. The maximum atomic E-state index is 12.9. The molecule has 1 aliphatic rings. The molecule has 0 fully saturated rings. The lowest BCUT2D eigenvalue weighted by Gasteiger charge is -2.35. The predicted octanol–water partition coefficient (Wildman–Crippen LogP) is 4.01. The molecule has 0 bridgehead atoms. The van der Waals surface area contributed by atoms with Gasteiger partial charge in [0, 0.05) is 24.9 Å². The maximum absolute atomic E-state index is 12.9. The first-order chi connectivity index (χ1) is 13.6. The molecule has 1 unspecified atom stereocenters. The Morgan fingerprint density at radius 3 is 2.55 bits per heavy atom.